The highest BCUT2D eigenvalue weighted by molar-refractivity contribution is 7.07. The monoisotopic (exact) mass is 332 g/mol. The molecule has 0 aromatic carbocycles. The number of hydrogen-bond acceptors (Lipinski definition) is 4. The van der Waals surface area contributed by atoms with Gasteiger partial charge in [-0.1, -0.05) is 6.08 Å². The minimum Gasteiger partial charge on any atom is -0.375 e. The van der Waals surface area contributed by atoms with Gasteiger partial charge in [0.15, 0.2) is 0 Å². The van der Waals surface area contributed by atoms with Gasteiger partial charge >= 0.3 is 0 Å². The first-order valence-corrected chi connectivity index (χ1v) is 9.57. The summed E-state index contributed by atoms with van der Waals surface area (Å²) in [4.78, 5) is 17.1. The van der Waals surface area contributed by atoms with Crippen LogP contribution in [-0.2, 0) is 16.1 Å². The number of hydrogen-bond donors (Lipinski definition) is 0. The summed E-state index contributed by atoms with van der Waals surface area (Å²) in [6.45, 7) is 5.41. The van der Waals surface area contributed by atoms with E-state index in [0.717, 1.165) is 64.2 Å². The van der Waals surface area contributed by atoms with Crippen molar-refractivity contribution in [2.45, 2.75) is 31.9 Å². The Labute approximate surface area is 141 Å². The Bertz CT molecular complexity index is 584. The molecule has 23 heavy (non-hydrogen) atoms. The lowest BCUT2D eigenvalue weighted by atomic mass is 10.1. The Morgan fingerprint density at radius 3 is 3.09 bits per heavy atom. The van der Waals surface area contributed by atoms with Crippen molar-refractivity contribution < 1.29 is 9.53 Å². The largest absolute Gasteiger partial charge is 0.375 e. The summed E-state index contributed by atoms with van der Waals surface area (Å²) in [5, 5.41) is 4.36. The van der Waals surface area contributed by atoms with Gasteiger partial charge in [-0.05, 0) is 41.7 Å². The van der Waals surface area contributed by atoms with Gasteiger partial charge in [-0.25, -0.2) is 0 Å². The zero-order chi connectivity index (χ0) is 15.6. The SMILES string of the molecule is O=C(C1=CCCC1)N1C[C@@H]2CN(Cc3ccsc3)CCO[C@@H]2C1. The van der Waals surface area contributed by atoms with Gasteiger partial charge in [0.05, 0.1) is 12.7 Å². The van der Waals surface area contributed by atoms with Crippen LogP contribution in [0.4, 0.5) is 0 Å². The van der Waals surface area contributed by atoms with Gasteiger partial charge in [0.1, 0.15) is 0 Å². The number of carbonyl (C=O) groups excluding carboxylic acids is 1. The van der Waals surface area contributed by atoms with Crippen LogP contribution in [0.3, 0.4) is 0 Å². The molecule has 0 radical (unpaired) electrons. The van der Waals surface area contributed by atoms with Crippen LogP contribution in [-0.4, -0.2) is 54.6 Å². The summed E-state index contributed by atoms with van der Waals surface area (Å²) in [6.07, 6.45) is 5.49. The van der Waals surface area contributed by atoms with Crippen LogP contribution in [0.2, 0.25) is 0 Å². The Morgan fingerprint density at radius 2 is 2.30 bits per heavy atom. The minimum absolute atomic E-state index is 0.216. The van der Waals surface area contributed by atoms with E-state index in [0.29, 0.717) is 5.92 Å². The third kappa shape index (κ3) is 3.37. The minimum atomic E-state index is 0.216. The van der Waals surface area contributed by atoms with Crippen molar-refractivity contribution in [3.63, 3.8) is 0 Å². The Kier molecular flexibility index (Phi) is 4.51. The molecule has 1 aromatic rings. The van der Waals surface area contributed by atoms with Gasteiger partial charge in [0.25, 0.3) is 0 Å². The standard InChI is InChI=1S/C18H24N2O2S/c21-18(15-3-1-2-4-15)20-11-16-10-19(6-7-22-17(16)12-20)9-14-5-8-23-13-14/h3,5,8,13,16-17H,1-2,4,6-7,9-12H2/t16-,17+/m0/s1. The number of likely N-dealkylation sites (tertiary alicyclic amines) is 1. The molecular formula is C18H24N2O2S. The summed E-state index contributed by atoms with van der Waals surface area (Å²) in [5.74, 6) is 0.700. The first-order valence-electron chi connectivity index (χ1n) is 8.63. The molecule has 3 heterocycles. The lowest BCUT2D eigenvalue weighted by molar-refractivity contribution is -0.126. The Balaban J connectivity index is 1.39. The van der Waals surface area contributed by atoms with E-state index in [2.05, 4.69) is 27.8 Å². The van der Waals surface area contributed by atoms with Gasteiger partial charge in [-0.3, -0.25) is 9.69 Å². The molecule has 2 saturated heterocycles. The number of fused-ring (bicyclic) bond motifs is 1. The molecule has 1 amide bonds. The first-order chi connectivity index (χ1) is 11.3. The maximum atomic E-state index is 12.6. The molecule has 0 bridgehead atoms. The smallest absolute Gasteiger partial charge is 0.249 e. The normalized spacial score (nSPS) is 28.5. The first kappa shape index (κ1) is 15.4. The second-order valence-corrected chi connectivity index (χ2v) is 7.65. The van der Waals surface area contributed by atoms with E-state index in [1.807, 2.05) is 4.90 Å². The van der Waals surface area contributed by atoms with Crippen molar-refractivity contribution in [1.29, 1.82) is 0 Å². The fourth-order valence-corrected chi connectivity index (χ4v) is 4.64. The van der Waals surface area contributed by atoms with Gasteiger partial charge in [-0.15, -0.1) is 0 Å². The Morgan fingerprint density at radius 1 is 1.35 bits per heavy atom. The van der Waals surface area contributed by atoms with Crippen LogP contribution >= 0.6 is 11.3 Å². The van der Waals surface area contributed by atoms with Gasteiger partial charge < -0.3 is 9.64 Å². The molecule has 2 aliphatic heterocycles. The van der Waals surface area contributed by atoms with Crippen LogP contribution in [0.5, 0.6) is 0 Å². The number of allylic oxidation sites excluding steroid dienone is 1. The van der Waals surface area contributed by atoms with E-state index in [1.165, 1.54) is 5.56 Å². The van der Waals surface area contributed by atoms with E-state index in [-0.39, 0.29) is 12.0 Å². The van der Waals surface area contributed by atoms with E-state index in [4.69, 9.17) is 4.74 Å². The molecular weight excluding hydrogens is 308 g/mol. The Hall–Kier alpha value is -1.17. The summed E-state index contributed by atoms with van der Waals surface area (Å²) in [6, 6.07) is 2.20. The van der Waals surface area contributed by atoms with Crippen molar-refractivity contribution in [1.82, 2.24) is 9.80 Å². The van der Waals surface area contributed by atoms with Crippen LogP contribution < -0.4 is 0 Å². The molecule has 3 aliphatic rings. The molecule has 1 aliphatic carbocycles. The van der Waals surface area contributed by atoms with E-state index < -0.39 is 0 Å². The molecule has 1 aromatic heterocycles. The number of nitrogens with zero attached hydrogens (tertiary/aromatic N) is 2. The summed E-state index contributed by atoms with van der Waals surface area (Å²) in [7, 11) is 0. The molecule has 124 valence electrons. The average Bonchev–Trinajstić information content (AvgIpc) is 3.28. The van der Waals surface area contributed by atoms with Gasteiger partial charge in [0.2, 0.25) is 5.91 Å². The zero-order valence-electron chi connectivity index (χ0n) is 13.4. The summed E-state index contributed by atoms with van der Waals surface area (Å²) < 4.78 is 6.07. The topological polar surface area (TPSA) is 32.8 Å². The number of rotatable bonds is 3. The predicted molar refractivity (Wildman–Crippen MR) is 91.3 cm³/mol. The zero-order valence-corrected chi connectivity index (χ0v) is 14.3. The molecule has 2 fully saturated rings. The maximum Gasteiger partial charge on any atom is 0.249 e. The number of thiophene rings is 1. The molecule has 0 unspecified atom stereocenters. The van der Waals surface area contributed by atoms with E-state index in [1.54, 1.807) is 11.3 Å². The van der Waals surface area contributed by atoms with Crippen molar-refractivity contribution in [2.24, 2.45) is 5.92 Å². The van der Waals surface area contributed by atoms with Crippen LogP contribution in [0.1, 0.15) is 24.8 Å². The second-order valence-electron chi connectivity index (χ2n) is 6.87. The van der Waals surface area contributed by atoms with Crippen molar-refractivity contribution >= 4 is 17.2 Å². The fourth-order valence-electron chi connectivity index (χ4n) is 3.98. The summed E-state index contributed by atoms with van der Waals surface area (Å²) >= 11 is 1.75. The number of ether oxygens (including phenoxy) is 1. The lowest BCUT2D eigenvalue weighted by Gasteiger charge is -2.23. The molecule has 2 atom stereocenters. The summed E-state index contributed by atoms with van der Waals surface area (Å²) in [5.41, 5.74) is 2.41. The third-order valence-corrected chi connectivity index (χ3v) is 5.93. The highest BCUT2D eigenvalue weighted by Crippen LogP contribution is 2.28. The van der Waals surface area contributed by atoms with Crippen LogP contribution in [0, 0.1) is 5.92 Å². The van der Waals surface area contributed by atoms with Crippen LogP contribution in [0.15, 0.2) is 28.5 Å². The number of carbonyl (C=O) groups is 1. The van der Waals surface area contributed by atoms with Crippen molar-refractivity contribution in [3.8, 4) is 0 Å². The van der Waals surface area contributed by atoms with Gasteiger partial charge in [-0.2, -0.15) is 11.3 Å². The highest BCUT2D eigenvalue weighted by Gasteiger charge is 2.39. The molecule has 0 N–H and O–H groups in total. The molecule has 0 saturated carbocycles. The highest BCUT2D eigenvalue weighted by atomic mass is 32.1. The molecule has 4 rings (SSSR count). The van der Waals surface area contributed by atoms with Crippen molar-refractivity contribution in [2.75, 3.05) is 32.8 Å². The molecule has 5 heteroatoms. The predicted octanol–water partition coefficient (Wildman–Crippen LogP) is 2.52. The average molecular weight is 332 g/mol. The quantitative estimate of drug-likeness (QED) is 0.853. The lowest BCUT2D eigenvalue weighted by Crippen LogP contribution is -2.34. The van der Waals surface area contributed by atoms with E-state index in [9.17, 15) is 4.79 Å². The molecule has 4 nitrogen and oxygen atoms in total. The fraction of sp³-hybridized carbons (Fsp3) is 0.611. The maximum absolute atomic E-state index is 12.6. The third-order valence-electron chi connectivity index (χ3n) is 5.20. The number of amides is 1. The molecule has 0 spiro atoms. The van der Waals surface area contributed by atoms with Crippen molar-refractivity contribution in [3.05, 3.63) is 34.0 Å². The van der Waals surface area contributed by atoms with Crippen LogP contribution in [0.25, 0.3) is 0 Å². The van der Waals surface area contributed by atoms with Gasteiger partial charge in [0, 0.05) is 44.2 Å². The second kappa shape index (κ2) is 6.75. The van der Waals surface area contributed by atoms with E-state index >= 15 is 0 Å².